The predicted octanol–water partition coefficient (Wildman–Crippen LogP) is 15.8. The molecule has 4 N–H and O–H groups in total. The highest BCUT2D eigenvalue weighted by Gasteiger charge is 2.08. The number of nitrogens with one attached hydrogen (secondary N) is 2. The van der Waals surface area contributed by atoms with Gasteiger partial charge in [0.05, 0.1) is 25.6 Å². The van der Waals surface area contributed by atoms with Crippen molar-refractivity contribution < 1.29 is 14.9 Å². The normalized spacial score (nSPS) is 10.4. The third kappa shape index (κ3) is 55.4. The molecule has 0 aliphatic rings. The molecule has 77 heavy (non-hydrogen) atoms. The molecule has 0 amide bonds. The first-order valence-corrected chi connectivity index (χ1v) is 29.4. The fraction of sp³-hybridized carbons (Fsp3) is 0.833. The van der Waals surface area contributed by atoms with Crippen molar-refractivity contribution in [1.29, 1.82) is 0 Å². The van der Waals surface area contributed by atoms with Crippen LogP contribution in [0.4, 0.5) is 0 Å². The lowest BCUT2D eigenvalue weighted by Gasteiger charge is -2.13. The summed E-state index contributed by atoms with van der Waals surface area (Å²) in [5.74, 6) is 0.953. The molecule has 0 atom stereocenters. The van der Waals surface area contributed by atoms with Crippen molar-refractivity contribution in [2.24, 2.45) is 14.1 Å². The van der Waals surface area contributed by atoms with Gasteiger partial charge in [-0.2, -0.15) is 0 Å². The highest BCUT2D eigenvalue weighted by Crippen LogP contribution is 2.16. The smallest absolute Gasteiger partial charge is 0.223 e. The highest BCUT2D eigenvalue weighted by atomic mass is 35.5. The molecule has 17 heteroatoms. The summed E-state index contributed by atoms with van der Waals surface area (Å²) in [5, 5.41) is 6.84. The van der Waals surface area contributed by atoms with Crippen LogP contribution in [0.3, 0.4) is 0 Å². The minimum atomic E-state index is -0.00955. The van der Waals surface area contributed by atoms with E-state index < -0.39 is 0 Å². The van der Waals surface area contributed by atoms with Crippen molar-refractivity contribution >= 4 is 74.4 Å². The predicted molar refractivity (Wildman–Crippen MR) is 350 cm³/mol. The zero-order valence-corrected chi connectivity index (χ0v) is 55.3. The van der Waals surface area contributed by atoms with E-state index in [4.69, 9.17) is 9.47 Å². The standard InChI is InChI=1S/2C30H57N3O2.6ClH.H2O/c2*1-5-6-7-8-9-10-11-12-13-14-15-16-17-18-19-20-24-35-30-27-33(4)28(25-29(30)34)26-31-22-21-23-32(2)3;;;;;;;/h2*25,27,31H,5-24,26H2,1-4H3;6*1H;1H2. The van der Waals surface area contributed by atoms with E-state index in [9.17, 15) is 9.59 Å². The monoisotopic (exact) mass is 1220 g/mol. The average Bonchev–Trinajstić information content (AvgIpc) is 3.33. The lowest BCUT2D eigenvalue weighted by atomic mass is 10.0. The van der Waals surface area contributed by atoms with Crippen LogP contribution in [-0.4, -0.2) is 92.0 Å². The van der Waals surface area contributed by atoms with E-state index in [2.05, 4.69) is 62.5 Å². The second-order valence-electron chi connectivity index (χ2n) is 21.2. The summed E-state index contributed by atoms with van der Waals surface area (Å²) in [6, 6.07) is 3.42. The van der Waals surface area contributed by atoms with Gasteiger partial charge >= 0.3 is 0 Å². The van der Waals surface area contributed by atoms with Crippen LogP contribution in [0.15, 0.2) is 34.1 Å². The van der Waals surface area contributed by atoms with Crippen molar-refractivity contribution in [3.63, 3.8) is 0 Å². The van der Waals surface area contributed by atoms with Gasteiger partial charge in [0.2, 0.25) is 10.9 Å². The third-order valence-corrected chi connectivity index (χ3v) is 13.6. The molecule has 2 heterocycles. The zero-order valence-electron chi connectivity index (χ0n) is 50.4. The van der Waals surface area contributed by atoms with Crippen molar-refractivity contribution in [1.82, 2.24) is 29.6 Å². The van der Waals surface area contributed by atoms with Crippen molar-refractivity contribution in [3.05, 3.63) is 56.4 Å². The molecule has 0 aromatic carbocycles. The van der Waals surface area contributed by atoms with Crippen molar-refractivity contribution in [3.8, 4) is 11.5 Å². The number of halogens is 6. The molecule has 0 radical (unpaired) electrons. The Morgan fingerprint density at radius 3 is 0.857 bits per heavy atom. The lowest BCUT2D eigenvalue weighted by molar-refractivity contribution is 0.298. The van der Waals surface area contributed by atoms with E-state index in [1.165, 1.54) is 193 Å². The van der Waals surface area contributed by atoms with E-state index in [1.54, 1.807) is 12.1 Å². The Morgan fingerprint density at radius 2 is 0.623 bits per heavy atom. The molecule has 2 rings (SSSR count). The minimum absolute atomic E-state index is 0. The van der Waals surface area contributed by atoms with Gasteiger partial charge < -0.3 is 44.5 Å². The second-order valence-corrected chi connectivity index (χ2v) is 21.2. The number of rotatable bonds is 48. The molecule has 2 aromatic rings. The maximum absolute atomic E-state index is 12.4. The Morgan fingerprint density at radius 1 is 0.390 bits per heavy atom. The number of aromatic nitrogens is 2. The summed E-state index contributed by atoms with van der Waals surface area (Å²) in [7, 11) is 12.3. The Balaban J connectivity index is -0.000000233. The van der Waals surface area contributed by atoms with Crippen molar-refractivity contribution in [2.75, 3.05) is 67.6 Å². The molecule has 0 unspecified atom stereocenters. The van der Waals surface area contributed by atoms with E-state index in [0.717, 1.165) is 63.3 Å². The quantitative estimate of drug-likeness (QED) is 0.0628. The second kappa shape index (κ2) is 65.8. The molecule has 11 nitrogen and oxygen atoms in total. The summed E-state index contributed by atoms with van der Waals surface area (Å²) in [6.45, 7) is 11.3. The summed E-state index contributed by atoms with van der Waals surface area (Å²) >= 11 is 0. The van der Waals surface area contributed by atoms with Crippen LogP contribution >= 0.6 is 74.4 Å². The van der Waals surface area contributed by atoms with Crippen LogP contribution in [0.1, 0.15) is 244 Å². The van der Waals surface area contributed by atoms with Gasteiger partial charge in [-0.3, -0.25) is 9.59 Å². The number of unbranched alkanes of at least 4 members (excludes halogenated alkanes) is 30. The molecule has 0 saturated carbocycles. The number of hydrogen-bond acceptors (Lipinski definition) is 8. The molecule has 2 aromatic heterocycles. The number of ether oxygens (including phenoxy) is 2. The van der Waals surface area contributed by atoms with Crippen LogP contribution < -0.4 is 31.0 Å². The fourth-order valence-electron chi connectivity index (χ4n) is 9.00. The Bertz CT molecular complexity index is 1490. The molecule has 0 saturated heterocycles. The van der Waals surface area contributed by atoms with Crippen LogP contribution in [0.2, 0.25) is 0 Å². The summed E-state index contributed by atoms with van der Waals surface area (Å²) in [4.78, 5) is 29.2. The SMILES string of the molecule is CCCCCCCCCCCCCCCCCCOc1cn(C)c(CNCCCN(C)C)cc1=O.CCCCCCCCCCCCCCCCCCOc1cn(C)c(CNCCCN(C)C)cc1=O.Cl.Cl.Cl.Cl.Cl.Cl.O. The molecular weight excluding hydrogens is 1100 g/mol. The lowest BCUT2D eigenvalue weighted by Crippen LogP contribution is -2.23. The van der Waals surface area contributed by atoms with Crippen LogP contribution in [-0.2, 0) is 27.2 Å². The number of hydrogen-bond donors (Lipinski definition) is 2. The van der Waals surface area contributed by atoms with Gasteiger partial charge in [-0.05, 0) is 80.1 Å². The number of pyridine rings is 2. The number of aryl methyl sites for hydroxylation is 2. The minimum Gasteiger partial charge on any atom is -0.488 e. The molecule has 0 spiro atoms. The topological polar surface area (TPSA) is 124 Å². The van der Waals surface area contributed by atoms with Gasteiger partial charge in [0.1, 0.15) is 0 Å². The van der Waals surface area contributed by atoms with Crippen LogP contribution in [0, 0.1) is 0 Å². The van der Waals surface area contributed by atoms with Gasteiger partial charge in [-0.15, -0.1) is 74.4 Å². The van der Waals surface area contributed by atoms with Crippen molar-refractivity contribution in [2.45, 2.75) is 245 Å². The van der Waals surface area contributed by atoms with Gasteiger partial charge in [0, 0.05) is 50.7 Å². The first-order valence-electron chi connectivity index (χ1n) is 29.4. The van der Waals surface area contributed by atoms with Gasteiger partial charge in [0.15, 0.2) is 11.5 Å². The average molecular weight is 1220 g/mol. The Labute approximate surface area is 510 Å². The Hall–Kier alpha value is -0.960. The maximum Gasteiger partial charge on any atom is 0.223 e. The summed E-state index contributed by atoms with van der Waals surface area (Å²) in [5.41, 5.74) is 1.97. The molecule has 0 fully saturated rings. The van der Waals surface area contributed by atoms with E-state index in [0.29, 0.717) is 37.8 Å². The van der Waals surface area contributed by atoms with Gasteiger partial charge in [-0.1, -0.05) is 206 Å². The van der Waals surface area contributed by atoms with Crippen LogP contribution in [0.5, 0.6) is 11.5 Å². The highest BCUT2D eigenvalue weighted by molar-refractivity contribution is 5.86. The third-order valence-electron chi connectivity index (χ3n) is 13.6. The molecular formula is C60H122Cl6N6O5. The zero-order chi connectivity index (χ0) is 51.1. The molecule has 0 aliphatic heterocycles. The molecule has 0 aliphatic carbocycles. The molecule has 0 bridgehead atoms. The summed E-state index contributed by atoms with van der Waals surface area (Å²) in [6.07, 6.45) is 49.4. The number of nitrogens with zero attached hydrogens (tertiary/aromatic N) is 4. The van der Waals surface area contributed by atoms with E-state index in [-0.39, 0.29) is 90.8 Å². The van der Waals surface area contributed by atoms with Crippen LogP contribution in [0.25, 0.3) is 0 Å². The molecule has 464 valence electrons. The fourth-order valence-corrected chi connectivity index (χ4v) is 9.00. The van der Waals surface area contributed by atoms with Gasteiger partial charge in [-0.25, -0.2) is 0 Å². The summed E-state index contributed by atoms with van der Waals surface area (Å²) < 4.78 is 15.6. The first-order chi connectivity index (χ1) is 34.1. The maximum atomic E-state index is 12.4. The van der Waals surface area contributed by atoms with E-state index >= 15 is 0 Å². The first kappa shape index (κ1) is 89.8. The van der Waals surface area contributed by atoms with E-state index in [1.807, 2.05) is 35.6 Å². The van der Waals surface area contributed by atoms with Gasteiger partial charge in [0.25, 0.3) is 0 Å². The largest absolute Gasteiger partial charge is 0.488 e. The Kier molecular flexibility index (Phi) is 76.8.